The van der Waals surface area contributed by atoms with Crippen LogP contribution < -0.4 is 20.2 Å². The van der Waals surface area contributed by atoms with E-state index in [0.717, 1.165) is 43.6 Å². The van der Waals surface area contributed by atoms with E-state index in [9.17, 15) is 14.0 Å². The molecule has 11 nitrogen and oxygen atoms in total. The molecule has 1 saturated heterocycles. The zero-order valence-corrected chi connectivity index (χ0v) is 23.9. The van der Waals surface area contributed by atoms with Gasteiger partial charge in [-0.1, -0.05) is 19.1 Å². The third kappa shape index (κ3) is 6.18. The molecule has 2 aromatic carbocycles. The van der Waals surface area contributed by atoms with Gasteiger partial charge in [-0.15, -0.1) is 5.10 Å². The zero-order valence-electron chi connectivity index (χ0n) is 23.9. The lowest BCUT2D eigenvalue weighted by Crippen LogP contribution is -2.50. The molecule has 1 atom stereocenters. The van der Waals surface area contributed by atoms with E-state index >= 15 is 4.39 Å². The number of H-pyrrole nitrogens is 1. The van der Waals surface area contributed by atoms with E-state index in [1.54, 1.807) is 12.1 Å². The summed E-state index contributed by atoms with van der Waals surface area (Å²) in [7, 11) is 0. The quantitative estimate of drug-likeness (QED) is 0.247. The molecule has 0 radical (unpaired) electrons. The van der Waals surface area contributed by atoms with E-state index in [1.807, 2.05) is 0 Å². The number of likely N-dealkylation sites (tertiary alicyclic amines) is 1. The minimum atomic E-state index is -0.823. The number of piperidine rings is 1. The molecule has 1 fully saturated rings. The number of halogens is 2. The summed E-state index contributed by atoms with van der Waals surface area (Å²) in [5, 5.41) is 10.9. The molecule has 4 aromatic rings. The number of ether oxygens (including phenoxy) is 2. The number of carbonyl (C=O) groups is 2. The normalized spacial score (nSPS) is 17.5. The van der Waals surface area contributed by atoms with Crippen LogP contribution >= 0.6 is 0 Å². The van der Waals surface area contributed by atoms with Gasteiger partial charge in [0, 0.05) is 30.2 Å². The first-order valence-electron chi connectivity index (χ1n) is 14.4. The molecular weight excluding hydrogens is 572 g/mol. The smallest absolute Gasteiger partial charge is 0.347 e. The van der Waals surface area contributed by atoms with Crippen LogP contribution in [0.25, 0.3) is 11.0 Å². The number of carbonyl (C=O) groups excluding carboxylic acids is 2. The van der Waals surface area contributed by atoms with Crippen LogP contribution in [0.15, 0.2) is 67.0 Å². The Morgan fingerprint density at radius 2 is 1.89 bits per heavy atom. The molecule has 2 aliphatic heterocycles. The Balaban J connectivity index is 1.12. The van der Waals surface area contributed by atoms with Gasteiger partial charge < -0.3 is 19.7 Å². The highest BCUT2D eigenvalue weighted by molar-refractivity contribution is 6.04. The van der Waals surface area contributed by atoms with Crippen molar-refractivity contribution in [1.82, 2.24) is 30.5 Å². The number of hydrogen-bond donors (Lipinski definition) is 3. The van der Waals surface area contributed by atoms with E-state index in [0.29, 0.717) is 40.8 Å². The number of hydrogen-bond acceptors (Lipinski definition) is 8. The van der Waals surface area contributed by atoms with E-state index in [4.69, 9.17) is 9.47 Å². The Morgan fingerprint density at radius 3 is 2.64 bits per heavy atom. The number of fused-ring (bicyclic) bond motifs is 1. The van der Waals surface area contributed by atoms with Gasteiger partial charge in [0.25, 0.3) is 5.91 Å². The van der Waals surface area contributed by atoms with E-state index in [-0.39, 0.29) is 11.4 Å². The second-order valence-electron chi connectivity index (χ2n) is 10.6. The third-order valence-corrected chi connectivity index (χ3v) is 7.81. The molecule has 0 bridgehead atoms. The maximum Gasteiger partial charge on any atom is 0.347 e. The first-order chi connectivity index (χ1) is 21.4. The summed E-state index contributed by atoms with van der Waals surface area (Å²) in [4.78, 5) is 32.6. The van der Waals surface area contributed by atoms with Crippen molar-refractivity contribution in [3.05, 3.63) is 84.2 Å². The summed E-state index contributed by atoms with van der Waals surface area (Å²) >= 11 is 0. The topological polar surface area (TPSA) is 125 Å². The van der Waals surface area contributed by atoms with Gasteiger partial charge in [-0.2, -0.15) is 5.01 Å². The number of aromatic amines is 1. The molecule has 0 spiro atoms. The van der Waals surface area contributed by atoms with Gasteiger partial charge in [-0.3, -0.25) is 15.3 Å². The van der Waals surface area contributed by atoms with E-state index in [2.05, 4.69) is 37.7 Å². The van der Waals surface area contributed by atoms with E-state index in [1.165, 1.54) is 48.8 Å². The summed E-state index contributed by atoms with van der Waals surface area (Å²) < 4.78 is 40.5. The van der Waals surface area contributed by atoms with Crippen molar-refractivity contribution in [3.8, 4) is 17.4 Å². The highest BCUT2D eigenvalue weighted by Crippen LogP contribution is 2.36. The Hall–Kier alpha value is -5.04. The second kappa shape index (κ2) is 12.7. The van der Waals surface area contributed by atoms with Crippen LogP contribution in [-0.2, 0) is 4.79 Å². The van der Waals surface area contributed by atoms with Crippen LogP contribution in [0.2, 0.25) is 0 Å². The maximum atomic E-state index is 15.2. The summed E-state index contributed by atoms with van der Waals surface area (Å²) in [6.45, 7) is 5.78. The molecule has 3 N–H and O–H groups in total. The van der Waals surface area contributed by atoms with Crippen molar-refractivity contribution in [2.24, 2.45) is 5.92 Å². The van der Waals surface area contributed by atoms with Gasteiger partial charge in [-0.05, 0) is 74.3 Å². The number of aromatic nitrogens is 3. The number of rotatable bonds is 8. The molecule has 2 aromatic heterocycles. The first-order valence-corrected chi connectivity index (χ1v) is 14.4. The van der Waals surface area contributed by atoms with Crippen molar-refractivity contribution in [2.45, 2.75) is 25.7 Å². The number of anilines is 1. The average Bonchev–Trinajstić information content (AvgIpc) is 3.46. The van der Waals surface area contributed by atoms with Crippen LogP contribution in [0.3, 0.4) is 0 Å². The summed E-state index contributed by atoms with van der Waals surface area (Å²) in [5.41, 5.74) is 3.65. The number of urea groups is 1. The lowest BCUT2D eigenvalue weighted by molar-refractivity contribution is -0.131. The second-order valence-corrected chi connectivity index (χ2v) is 10.6. The molecule has 44 heavy (non-hydrogen) atoms. The van der Waals surface area contributed by atoms with Crippen LogP contribution in [0.1, 0.15) is 31.2 Å². The Labute approximate surface area is 251 Å². The number of imide groups is 1. The first kappa shape index (κ1) is 29.1. The van der Waals surface area contributed by atoms with Crippen LogP contribution in [0.4, 0.5) is 19.3 Å². The van der Waals surface area contributed by atoms with Crippen molar-refractivity contribution >= 4 is 28.7 Å². The van der Waals surface area contributed by atoms with Crippen LogP contribution in [0, 0.1) is 17.6 Å². The monoisotopic (exact) mass is 603 g/mol. The fourth-order valence-corrected chi connectivity index (χ4v) is 5.29. The average molecular weight is 604 g/mol. The minimum absolute atomic E-state index is 0.0962. The van der Waals surface area contributed by atoms with Crippen LogP contribution in [-0.4, -0.2) is 63.3 Å². The molecule has 0 saturated carbocycles. The van der Waals surface area contributed by atoms with Crippen molar-refractivity contribution < 1.29 is 27.8 Å². The highest BCUT2D eigenvalue weighted by atomic mass is 19.1. The number of nitrogens with zero attached hydrogens (tertiary/aromatic N) is 4. The van der Waals surface area contributed by atoms with Crippen LogP contribution in [0.5, 0.6) is 17.4 Å². The molecule has 2 aliphatic rings. The number of amides is 3. The molecule has 4 heterocycles. The number of hydrazine groups is 1. The number of benzene rings is 2. The standard InChI is InChI=1S/C31H31F2N7O4/c1-2-39-15-11-19(12-16-39)18-43-29-27-26(10-13-34-28(27)37-38-29)44-25-8-7-22(17-24(25)33)36-31(42)40-30(41)23(9-14-35-40)20-3-5-21(32)6-4-20/h3-10,13-14,17,19,23,35H,2,11-12,15-16,18H2,1H3,(H,36,42)(H,34,37,38). The summed E-state index contributed by atoms with van der Waals surface area (Å²) in [5.74, 6) is -1.61. The summed E-state index contributed by atoms with van der Waals surface area (Å²) in [6, 6.07) is 10.1. The van der Waals surface area contributed by atoms with E-state index < -0.39 is 29.5 Å². The predicted molar refractivity (Wildman–Crippen MR) is 158 cm³/mol. The van der Waals surface area contributed by atoms with Gasteiger partial charge >= 0.3 is 6.03 Å². The lowest BCUT2D eigenvalue weighted by atomic mass is 9.97. The Kier molecular flexibility index (Phi) is 8.37. The van der Waals surface area contributed by atoms with Gasteiger partial charge in [0.15, 0.2) is 17.2 Å². The van der Waals surface area contributed by atoms with Crippen molar-refractivity contribution in [1.29, 1.82) is 0 Å². The molecular formula is C31H31F2N7O4. The summed E-state index contributed by atoms with van der Waals surface area (Å²) in [6.07, 6.45) is 6.60. The molecule has 1 unspecified atom stereocenters. The maximum absolute atomic E-state index is 15.2. The molecule has 0 aliphatic carbocycles. The Bertz CT molecular complexity index is 1690. The molecule has 13 heteroatoms. The largest absolute Gasteiger partial charge is 0.476 e. The lowest BCUT2D eigenvalue weighted by Gasteiger charge is -2.30. The molecule has 228 valence electrons. The van der Waals surface area contributed by atoms with Crippen molar-refractivity contribution in [2.75, 3.05) is 31.6 Å². The van der Waals surface area contributed by atoms with Gasteiger partial charge in [0.05, 0.1) is 12.5 Å². The number of pyridine rings is 1. The van der Waals surface area contributed by atoms with Crippen molar-refractivity contribution in [3.63, 3.8) is 0 Å². The van der Waals surface area contributed by atoms with Gasteiger partial charge in [0.2, 0.25) is 5.88 Å². The fraction of sp³-hybridized carbons (Fsp3) is 0.290. The highest BCUT2D eigenvalue weighted by Gasteiger charge is 2.31. The SMILES string of the molecule is CCN1CCC(COc2n[nH]c3nccc(Oc4ccc(NC(=O)N5NC=CC(c6ccc(F)cc6)C5=O)cc4F)c23)CC1. The molecule has 3 amide bonds. The Morgan fingerprint density at radius 1 is 1.09 bits per heavy atom. The third-order valence-electron chi connectivity index (χ3n) is 7.81. The molecule has 6 rings (SSSR count). The van der Waals surface area contributed by atoms with Gasteiger partial charge in [-0.25, -0.2) is 18.6 Å². The zero-order chi connectivity index (χ0) is 30.6. The predicted octanol–water partition coefficient (Wildman–Crippen LogP) is 5.32. The minimum Gasteiger partial charge on any atom is -0.476 e. The van der Waals surface area contributed by atoms with Gasteiger partial charge in [0.1, 0.15) is 17.0 Å². The number of nitrogens with one attached hydrogen (secondary N) is 3. The fourth-order valence-electron chi connectivity index (χ4n) is 5.29.